The molecule has 0 fully saturated rings. The Morgan fingerprint density at radius 3 is 2.13 bits per heavy atom. The van der Waals surface area contributed by atoms with Gasteiger partial charge in [0.25, 0.3) is 5.91 Å². The fourth-order valence-electron chi connectivity index (χ4n) is 2.96. The predicted octanol–water partition coefficient (Wildman–Crippen LogP) is 4.59. The van der Waals surface area contributed by atoms with Gasteiger partial charge in [0.1, 0.15) is 11.5 Å². The van der Waals surface area contributed by atoms with Crippen molar-refractivity contribution in [3.63, 3.8) is 0 Å². The zero-order valence-electron chi connectivity index (χ0n) is 16.3. The zero-order chi connectivity index (χ0) is 20.9. The van der Waals surface area contributed by atoms with Gasteiger partial charge in [-0.25, -0.2) is 4.68 Å². The van der Waals surface area contributed by atoms with Crippen molar-refractivity contribution in [2.75, 3.05) is 5.32 Å². The lowest BCUT2D eigenvalue weighted by Gasteiger charge is -2.11. The fourth-order valence-corrected chi connectivity index (χ4v) is 2.96. The molecule has 6 heteroatoms. The third kappa shape index (κ3) is 4.28. The van der Waals surface area contributed by atoms with Gasteiger partial charge < -0.3 is 10.1 Å². The topological polar surface area (TPSA) is 73.2 Å². The summed E-state index contributed by atoms with van der Waals surface area (Å²) in [5.41, 5.74) is 1.35. The maximum absolute atomic E-state index is 12.7. The van der Waals surface area contributed by atoms with E-state index in [1.165, 1.54) is 6.07 Å². The first-order chi connectivity index (χ1) is 14.6. The van der Waals surface area contributed by atoms with Crippen molar-refractivity contribution < 1.29 is 9.53 Å². The molecule has 0 saturated heterocycles. The Morgan fingerprint density at radius 2 is 1.47 bits per heavy atom. The standard InChI is InChI=1S/C24H19N3O3/c1-17-16-22(28)23(26-27(17)19-8-4-2-5-9-19)24(29)25-18-12-14-21(15-13-18)30-20-10-6-3-7-11-20/h2-16H,1H3,(H,25,29). The van der Waals surface area contributed by atoms with Crippen LogP contribution < -0.4 is 15.5 Å². The molecule has 1 heterocycles. The summed E-state index contributed by atoms with van der Waals surface area (Å²) in [4.78, 5) is 25.0. The van der Waals surface area contributed by atoms with Gasteiger partial charge in [-0.1, -0.05) is 36.4 Å². The Hall–Kier alpha value is -4.19. The SMILES string of the molecule is Cc1cc(=O)c(C(=O)Nc2ccc(Oc3ccccc3)cc2)nn1-c1ccccc1. The van der Waals surface area contributed by atoms with Crippen molar-refractivity contribution in [2.45, 2.75) is 6.92 Å². The normalized spacial score (nSPS) is 10.4. The van der Waals surface area contributed by atoms with Gasteiger partial charge in [0.2, 0.25) is 5.43 Å². The quantitative estimate of drug-likeness (QED) is 0.535. The van der Waals surface area contributed by atoms with E-state index in [1.807, 2.05) is 60.7 Å². The van der Waals surface area contributed by atoms with Crippen LogP contribution >= 0.6 is 0 Å². The second kappa shape index (κ2) is 8.45. The number of hydrogen-bond acceptors (Lipinski definition) is 4. The number of amides is 1. The number of para-hydroxylation sites is 2. The predicted molar refractivity (Wildman–Crippen MR) is 115 cm³/mol. The van der Waals surface area contributed by atoms with E-state index in [2.05, 4.69) is 10.4 Å². The maximum atomic E-state index is 12.7. The smallest absolute Gasteiger partial charge is 0.280 e. The van der Waals surface area contributed by atoms with E-state index in [4.69, 9.17) is 4.74 Å². The number of anilines is 1. The fraction of sp³-hybridized carbons (Fsp3) is 0.0417. The Kier molecular flexibility index (Phi) is 5.39. The summed E-state index contributed by atoms with van der Waals surface area (Å²) in [5.74, 6) is 0.792. The summed E-state index contributed by atoms with van der Waals surface area (Å²) in [6, 6.07) is 27.1. The van der Waals surface area contributed by atoms with E-state index in [1.54, 1.807) is 35.9 Å². The van der Waals surface area contributed by atoms with Gasteiger partial charge >= 0.3 is 0 Å². The van der Waals surface area contributed by atoms with Gasteiger partial charge in [-0.05, 0) is 55.5 Å². The summed E-state index contributed by atoms with van der Waals surface area (Å²) in [5, 5.41) is 7.00. The first-order valence-corrected chi connectivity index (χ1v) is 9.41. The summed E-state index contributed by atoms with van der Waals surface area (Å²) < 4.78 is 7.32. The average Bonchev–Trinajstić information content (AvgIpc) is 2.76. The molecule has 1 aromatic heterocycles. The van der Waals surface area contributed by atoms with Crippen LogP contribution in [0.1, 0.15) is 16.2 Å². The van der Waals surface area contributed by atoms with Gasteiger partial charge in [-0.3, -0.25) is 9.59 Å². The number of ether oxygens (including phenoxy) is 1. The first kappa shape index (κ1) is 19.1. The third-order valence-corrected chi connectivity index (χ3v) is 4.41. The molecular formula is C24H19N3O3. The number of benzene rings is 3. The molecule has 1 amide bonds. The number of nitrogens with one attached hydrogen (secondary N) is 1. The van der Waals surface area contributed by atoms with Gasteiger partial charge in [-0.15, -0.1) is 0 Å². The molecule has 0 radical (unpaired) electrons. The highest BCUT2D eigenvalue weighted by molar-refractivity contribution is 6.02. The van der Waals surface area contributed by atoms with Crippen LogP contribution in [0.4, 0.5) is 5.69 Å². The first-order valence-electron chi connectivity index (χ1n) is 9.41. The van der Waals surface area contributed by atoms with Crippen LogP contribution in [0.25, 0.3) is 5.69 Å². The zero-order valence-corrected chi connectivity index (χ0v) is 16.3. The van der Waals surface area contributed by atoms with E-state index in [0.717, 1.165) is 11.4 Å². The van der Waals surface area contributed by atoms with Gasteiger partial charge in [0, 0.05) is 17.4 Å². The van der Waals surface area contributed by atoms with Crippen LogP contribution in [-0.2, 0) is 0 Å². The molecule has 0 atom stereocenters. The molecule has 0 unspecified atom stereocenters. The van der Waals surface area contributed by atoms with Crippen LogP contribution in [0.15, 0.2) is 95.8 Å². The number of aryl methyl sites for hydroxylation is 1. The molecule has 4 rings (SSSR count). The summed E-state index contributed by atoms with van der Waals surface area (Å²) in [6.45, 7) is 1.77. The number of nitrogens with zero attached hydrogens (tertiary/aromatic N) is 2. The maximum Gasteiger partial charge on any atom is 0.280 e. The van der Waals surface area contributed by atoms with Gasteiger partial charge in [0.15, 0.2) is 5.69 Å². The van der Waals surface area contributed by atoms with Crippen molar-refractivity contribution >= 4 is 11.6 Å². The Labute approximate surface area is 173 Å². The summed E-state index contributed by atoms with van der Waals surface area (Å²) >= 11 is 0. The highest BCUT2D eigenvalue weighted by Crippen LogP contribution is 2.22. The molecular weight excluding hydrogens is 378 g/mol. The minimum Gasteiger partial charge on any atom is -0.457 e. The second-order valence-electron chi connectivity index (χ2n) is 6.64. The molecule has 1 N–H and O–H groups in total. The van der Waals surface area contributed by atoms with Gasteiger partial charge in [0.05, 0.1) is 5.69 Å². The number of aromatic nitrogens is 2. The number of carbonyl (C=O) groups excluding carboxylic acids is 1. The van der Waals surface area contributed by atoms with E-state index < -0.39 is 11.3 Å². The average molecular weight is 397 g/mol. The van der Waals surface area contributed by atoms with Crippen molar-refractivity contribution in [2.24, 2.45) is 0 Å². The lowest BCUT2D eigenvalue weighted by Crippen LogP contribution is -2.26. The Balaban J connectivity index is 1.53. The molecule has 0 aliphatic carbocycles. The van der Waals surface area contributed by atoms with Gasteiger partial charge in [-0.2, -0.15) is 5.10 Å². The minimum absolute atomic E-state index is 0.172. The molecule has 0 bridgehead atoms. The lowest BCUT2D eigenvalue weighted by atomic mass is 10.2. The van der Waals surface area contributed by atoms with Crippen LogP contribution in [0, 0.1) is 6.92 Å². The van der Waals surface area contributed by atoms with Crippen LogP contribution in [0.5, 0.6) is 11.5 Å². The molecule has 30 heavy (non-hydrogen) atoms. The summed E-state index contributed by atoms with van der Waals surface area (Å²) in [7, 11) is 0. The highest BCUT2D eigenvalue weighted by atomic mass is 16.5. The third-order valence-electron chi connectivity index (χ3n) is 4.41. The second-order valence-corrected chi connectivity index (χ2v) is 6.64. The largest absolute Gasteiger partial charge is 0.457 e. The monoisotopic (exact) mass is 397 g/mol. The van der Waals surface area contributed by atoms with Crippen molar-refractivity contribution in [1.29, 1.82) is 0 Å². The van der Waals surface area contributed by atoms with E-state index in [-0.39, 0.29) is 5.69 Å². The van der Waals surface area contributed by atoms with Crippen molar-refractivity contribution in [3.8, 4) is 17.2 Å². The van der Waals surface area contributed by atoms with Crippen molar-refractivity contribution in [1.82, 2.24) is 9.78 Å². The molecule has 4 aromatic rings. The van der Waals surface area contributed by atoms with Crippen LogP contribution in [-0.4, -0.2) is 15.7 Å². The molecule has 0 saturated carbocycles. The lowest BCUT2D eigenvalue weighted by molar-refractivity contribution is 0.101. The van der Waals surface area contributed by atoms with Crippen molar-refractivity contribution in [3.05, 3.63) is 113 Å². The minimum atomic E-state index is -0.568. The Bertz CT molecular complexity index is 1220. The summed E-state index contributed by atoms with van der Waals surface area (Å²) in [6.07, 6.45) is 0. The van der Waals surface area contributed by atoms with Crippen LogP contribution in [0.2, 0.25) is 0 Å². The van der Waals surface area contributed by atoms with Crippen LogP contribution in [0.3, 0.4) is 0 Å². The molecule has 148 valence electrons. The highest BCUT2D eigenvalue weighted by Gasteiger charge is 2.15. The molecule has 0 aliphatic rings. The molecule has 0 spiro atoms. The van der Waals surface area contributed by atoms with E-state index in [0.29, 0.717) is 17.1 Å². The molecule has 6 nitrogen and oxygen atoms in total. The van der Waals surface area contributed by atoms with E-state index >= 15 is 0 Å². The number of rotatable bonds is 5. The number of hydrogen-bond donors (Lipinski definition) is 1. The van der Waals surface area contributed by atoms with E-state index in [9.17, 15) is 9.59 Å². The Morgan fingerprint density at radius 1 is 0.867 bits per heavy atom. The molecule has 3 aromatic carbocycles. The number of carbonyl (C=O) groups is 1. The molecule has 0 aliphatic heterocycles.